The van der Waals surface area contributed by atoms with E-state index in [2.05, 4.69) is 5.16 Å². The number of amidine groups is 1. The summed E-state index contributed by atoms with van der Waals surface area (Å²) in [6, 6.07) is 7.50. The minimum Gasteiger partial charge on any atom is -0.409 e. The fourth-order valence-corrected chi connectivity index (χ4v) is 1.23. The minimum absolute atomic E-state index is 0.141. The Morgan fingerprint density at radius 3 is 2.42 bits per heavy atom. The second-order valence-corrected chi connectivity index (χ2v) is 3.09. The molecule has 1 aromatic carbocycles. The minimum atomic E-state index is 0.141. The first-order valence-corrected chi connectivity index (χ1v) is 4.62. The smallest absolute Gasteiger partial charge is 0.170 e. The van der Waals surface area contributed by atoms with Crippen molar-refractivity contribution in [2.45, 2.75) is 4.90 Å². The maximum atomic E-state index is 8.37. The van der Waals surface area contributed by atoms with Gasteiger partial charge in [-0.15, -0.1) is 11.8 Å². The second kappa shape index (κ2) is 4.01. The zero-order valence-corrected chi connectivity index (χ0v) is 7.51. The monoisotopic (exact) mass is 182 g/mol. The quantitative estimate of drug-likeness (QED) is 0.239. The van der Waals surface area contributed by atoms with E-state index in [4.69, 9.17) is 10.9 Å². The Morgan fingerprint density at radius 2 is 2.00 bits per heavy atom. The molecule has 0 saturated heterocycles. The molecular weight excluding hydrogens is 172 g/mol. The summed E-state index contributed by atoms with van der Waals surface area (Å²) in [4.78, 5) is 1.16. The normalized spacial score (nSPS) is 11.6. The van der Waals surface area contributed by atoms with Crippen LogP contribution in [0.1, 0.15) is 5.56 Å². The zero-order chi connectivity index (χ0) is 8.97. The third kappa shape index (κ3) is 1.92. The van der Waals surface area contributed by atoms with E-state index in [-0.39, 0.29) is 5.84 Å². The van der Waals surface area contributed by atoms with Crippen LogP contribution in [0, 0.1) is 0 Å². The van der Waals surface area contributed by atoms with Gasteiger partial charge in [0.05, 0.1) is 0 Å². The summed E-state index contributed by atoms with van der Waals surface area (Å²) in [5, 5.41) is 11.3. The maximum absolute atomic E-state index is 8.37. The molecule has 0 aliphatic heterocycles. The molecule has 0 radical (unpaired) electrons. The van der Waals surface area contributed by atoms with Crippen LogP contribution in [-0.4, -0.2) is 17.3 Å². The lowest BCUT2D eigenvalue weighted by atomic mass is 10.2. The highest BCUT2D eigenvalue weighted by Crippen LogP contribution is 2.14. The molecule has 0 aliphatic carbocycles. The summed E-state index contributed by atoms with van der Waals surface area (Å²) >= 11 is 1.65. The number of oxime groups is 1. The van der Waals surface area contributed by atoms with E-state index < -0.39 is 0 Å². The second-order valence-electron chi connectivity index (χ2n) is 2.21. The Bertz CT molecular complexity index is 282. The fraction of sp³-hybridized carbons (Fsp3) is 0.125. The van der Waals surface area contributed by atoms with Crippen LogP contribution in [0.25, 0.3) is 0 Å². The van der Waals surface area contributed by atoms with E-state index in [0.29, 0.717) is 0 Å². The molecule has 0 atom stereocenters. The van der Waals surface area contributed by atoms with Gasteiger partial charge in [-0.05, 0) is 18.4 Å². The van der Waals surface area contributed by atoms with Crippen molar-refractivity contribution in [2.24, 2.45) is 10.9 Å². The van der Waals surface area contributed by atoms with Gasteiger partial charge in [-0.2, -0.15) is 0 Å². The van der Waals surface area contributed by atoms with E-state index in [1.165, 1.54) is 0 Å². The highest BCUT2D eigenvalue weighted by Gasteiger charge is 1.97. The van der Waals surface area contributed by atoms with Crippen molar-refractivity contribution in [1.82, 2.24) is 0 Å². The number of hydrogen-bond acceptors (Lipinski definition) is 3. The van der Waals surface area contributed by atoms with Crippen molar-refractivity contribution in [3.05, 3.63) is 29.8 Å². The largest absolute Gasteiger partial charge is 0.409 e. The van der Waals surface area contributed by atoms with Gasteiger partial charge >= 0.3 is 0 Å². The molecule has 0 unspecified atom stereocenters. The van der Waals surface area contributed by atoms with Crippen LogP contribution in [-0.2, 0) is 0 Å². The average molecular weight is 182 g/mol. The summed E-state index contributed by atoms with van der Waals surface area (Å²) in [5.74, 6) is 0.141. The molecule has 12 heavy (non-hydrogen) atoms. The predicted molar refractivity (Wildman–Crippen MR) is 50.7 cm³/mol. The molecule has 4 heteroatoms. The van der Waals surface area contributed by atoms with Gasteiger partial charge in [0.2, 0.25) is 0 Å². The first-order valence-electron chi connectivity index (χ1n) is 3.40. The van der Waals surface area contributed by atoms with Gasteiger partial charge in [-0.3, -0.25) is 0 Å². The van der Waals surface area contributed by atoms with Crippen molar-refractivity contribution < 1.29 is 5.21 Å². The molecule has 0 fully saturated rings. The van der Waals surface area contributed by atoms with Crippen LogP contribution in [0.2, 0.25) is 0 Å². The van der Waals surface area contributed by atoms with Crippen molar-refractivity contribution in [2.75, 3.05) is 6.26 Å². The third-order valence-corrected chi connectivity index (χ3v) is 2.24. The van der Waals surface area contributed by atoms with Crippen molar-refractivity contribution in [3.63, 3.8) is 0 Å². The molecule has 0 spiro atoms. The molecule has 0 amide bonds. The first kappa shape index (κ1) is 8.93. The van der Waals surface area contributed by atoms with Gasteiger partial charge in [-0.1, -0.05) is 17.3 Å². The van der Waals surface area contributed by atoms with Crippen molar-refractivity contribution in [3.8, 4) is 0 Å². The maximum Gasteiger partial charge on any atom is 0.170 e. The zero-order valence-electron chi connectivity index (χ0n) is 6.69. The van der Waals surface area contributed by atoms with Gasteiger partial charge < -0.3 is 10.9 Å². The van der Waals surface area contributed by atoms with Crippen molar-refractivity contribution in [1.29, 1.82) is 0 Å². The summed E-state index contributed by atoms with van der Waals surface area (Å²) in [6.45, 7) is 0. The Labute approximate surface area is 75.3 Å². The fourth-order valence-electron chi connectivity index (χ4n) is 0.820. The molecule has 0 saturated carbocycles. The van der Waals surface area contributed by atoms with Gasteiger partial charge in [0.15, 0.2) is 5.84 Å². The van der Waals surface area contributed by atoms with Gasteiger partial charge in [0.25, 0.3) is 0 Å². The molecule has 0 heterocycles. The van der Waals surface area contributed by atoms with E-state index >= 15 is 0 Å². The Hall–Kier alpha value is -1.16. The van der Waals surface area contributed by atoms with E-state index in [1.807, 2.05) is 30.5 Å². The number of hydrogen-bond donors (Lipinski definition) is 2. The molecule has 1 aromatic rings. The molecular formula is C8H10N2OS. The molecule has 64 valence electrons. The van der Waals surface area contributed by atoms with E-state index in [1.54, 1.807) is 11.8 Å². The first-order chi connectivity index (χ1) is 5.77. The lowest BCUT2D eigenvalue weighted by Gasteiger charge is -1.99. The summed E-state index contributed by atoms with van der Waals surface area (Å²) < 4.78 is 0. The van der Waals surface area contributed by atoms with Crippen LogP contribution in [0.4, 0.5) is 0 Å². The van der Waals surface area contributed by atoms with Gasteiger partial charge in [0.1, 0.15) is 0 Å². The molecule has 3 nitrogen and oxygen atoms in total. The summed E-state index contributed by atoms with van der Waals surface area (Å²) in [5.41, 5.74) is 6.11. The average Bonchev–Trinajstić information content (AvgIpc) is 2.17. The van der Waals surface area contributed by atoms with Crippen LogP contribution < -0.4 is 5.73 Å². The number of benzene rings is 1. The van der Waals surface area contributed by atoms with Crippen LogP contribution in [0.5, 0.6) is 0 Å². The summed E-state index contributed by atoms with van der Waals surface area (Å²) in [7, 11) is 0. The van der Waals surface area contributed by atoms with E-state index in [0.717, 1.165) is 10.5 Å². The highest BCUT2D eigenvalue weighted by molar-refractivity contribution is 7.98. The molecule has 1 rings (SSSR count). The Balaban J connectivity index is 2.92. The predicted octanol–water partition coefficient (Wildman–Crippen LogP) is 1.50. The van der Waals surface area contributed by atoms with E-state index in [9.17, 15) is 0 Å². The standard InChI is InChI=1S/C8H10N2OS/c1-12-7-4-2-6(3-5-7)8(9)10-11/h2-5,11H,1H3,(H2,9,10). The van der Waals surface area contributed by atoms with Crippen LogP contribution in [0.3, 0.4) is 0 Å². The summed E-state index contributed by atoms with van der Waals surface area (Å²) in [6.07, 6.45) is 2.00. The number of nitrogens with two attached hydrogens (primary N) is 1. The van der Waals surface area contributed by atoms with Crippen molar-refractivity contribution >= 4 is 17.6 Å². The van der Waals surface area contributed by atoms with Crippen LogP contribution >= 0.6 is 11.8 Å². The highest BCUT2D eigenvalue weighted by atomic mass is 32.2. The third-order valence-electron chi connectivity index (χ3n) is 1.49. The molecule has 3 N–H and O–H groups in total. The lowest BCUT2D eigenvalue weighted by molar-refractivity contribution is 0.318. The number of thioether (sulfide) groups is 1. The number of nitrogens with zero attached hydrogens (tertiary/aromatic N) is 1. The number of rotatable bonds is 2. The lowest BCUT2D eigenvalue weighted by Crippen LogP contribution is -2.12. The Kier molecular flexibility index (Phi) is 2.99. The van der Waals surface area contributed by atoms with Gasteiger partial charge in [0, 0.05) is 10.5 Å². The Morgan fingerprint density at radius 1 is 1.42 bits per heavy atom. The topological polar surface area (TPSA) is 58.6 Å². The molecule has 0 aliphatic rings. The van der Waals surface area contributed by atoms with Crippen LogP contribution in [0.15, 0.2) is 34.3 Å². The SMILES string of the molecule is CSc1ccc(/C(N)=N/O)cc1. The molecule has 0 bridgehead atoms. The van der Waals surface area contributed by atoms with Gasteiger partial charge in [-0.25, -0.2) is 0 Å². The molecule has 0 aromatic heterocycles.